The second-order valence-corrected chi connectivity index (χ2v) is 6.14. The van der Waals surface area contributed by atoms with Gasteiger partial charge in [-0.2, -0.15) is 5.10 Å². The van der Waals surface area contributed by atoms with Crippen LogP contribution in [-0.2, 0) is 6.54 Å². The average molecular weight is 371 g/mol. The summed E-state index contributed by atoms with van der Waals surface area (Å²) in [6, 6.07) is 8.51. The maximum absolute atomic E-state index is 12.2. The molecule has 0 atom stereocenters. The maximum atomic E-state index is 12.2. The second-order valence-electron chi connectivity index (χ2n) is 5.19. The monoisotopic (exact) mass is 371 g/mol. The third-order valence-corrected chi connectivity index (χ3v) is 4.31. The van der Waals surface area contributed by atoms with Crippen molar-refractivity contribution in [1.29, 1.82) is 0 Å². The Kier molecular flexibility index (Phi) is 5.69. The molecule has 9 heteroatoms. The lowest BCUT2D eigenvalue weighted by Crippen LogP contribution is -2.32. The highest BCUT2D eigenvalue weighted by molar-refractivity contribution is 7.13. The standard InChI is InChI=1S/C17H17N5O3S/c1-2-25-15-10-13(19-11-20-15)17(24)18-7-8-22-16(23)6-5-12(21-22)14-4-3-9-26-14/h3-6,9-11H,2,7-8H2,1H3,(H,18,24). The zero-order chi connectivity index (χ0) is 18.4. The molecule has 3 aromatic heterocycles. The van der Waals surface area contributed by atoms with E-state index in [0.29, 0.717) is 12.5 Å². The van der Waals surface area contributed by atoms with Crippen LogP contribution in [0.4, 0.5) is 0 Å². The van der Waals surface area contributed by atoms with Gasteiger partial charge in [-0.05, 0) is 24.4 Å². The molecule has 0 spiro atoms. The Morgan fingerprint density at radius 3 is 2.96 bits per heavy atom. The van der Waals surface area contributed by atoms with E-state index in [-0.39, 0.29) is 30.2 Å². The van der Waals surface area contributed by atoms with E-state index < -0.39 is 0 Å². The van der Waals surface area contributed by atoms with Crippen molar-refractivity contribution in [3.8, 4) is 16.5 Å². The topological polar surface area (TPSA) is 99.0 Å². The van der Waals surface area contributed by atoms with Gasteiger partial charge in [-0.3, -0.25) is 9.59 Å². The molecule has 0 unspecified atom stereocenters. The number of hydrogen-bond donors (Lipinski definition) is 1. The summed E-state index contributed by atoms with van der Waals surface area (Å²) in [7, 11) is 0. The number of carbonyl (C=O) groups is 1. The van der Waals surface area contributed by atoms with E-state index in [0.717, 1.165) is 10.6 Å². The van der Waals surface area contributed by atoms with Gasteiger partial charge in [0.1, 0.15) is 17.7 Å². The molecule has 1 amide bonds. The van der Waals surface area contributed by atoms with Crippen LogP contribution in [-0.4, -0.2) is 38.8 Å². The molecule has 0 saturated heterocycles. The third kappa shape index (κ3) is 4.31. The number of rotatable bonds is 7. The highest BCUT2D eigenvalue weighted by Gasteiger charge is 2.10. The van der Waals surface area contributed by atoms with Crippen molar-refractivity contribution in [2.45, 2.75) is 13.5 Å². The quantitative estimate of drug-likeness (QED) is 0.677. The smallest absolute Gasteiger partial charge is 0.270 e. The lowest BCUT2D eigenvalue weighted by atomic mass is 10.3. The Morgan fingerprint density at radius 1 is 1.31 bits per heavy atom. The van der Waals surface area contributed by atoms with Crippen LogP contribution in [0, 0.1) is 0 Å². The first-order valence-electron chi connectivity index (χ1n) is 8.02. The van der Waals surface area contributed by atoms with Crippen LogP contribution in [0.2, 0.25) is 0 Å². The summed E-state index contributed by atoms with van der Waals surface area (Å²) in [4.78, 5) is 32.9. The fraction of sp³-hybridized carbons (Fsp3) is 0.235. The van der Waals surface area contributed by atoms with Crippen LogP contribution in [0.15, 0.2) is 46.8 Å². The van der Waals surface area contributed by atoms with E-state index in [1.165, 1.54) is 23.1 Å². The normalized spacial score (nSPS) is 10.5. The van der Waals surface area contributed by atoms with Crippen LogP contribution in [0.1, 0.15) is 17.4 Å². The fourth-order valence-electron chi connectivity index (χ4n) is 2.22. The predicted molar refractivity (Wildman–Crippen MR) is 97.3 cm³/mol. The molecule has 26 heavy (non-hydrogen) atoms. The number of hydrogen-bond acceptors (Lipinski definition) is 7. The molecule has 3 heterocycles. The van der Waals surface area contributed by atoms with Crippen LogP contribution in [0.25, 0.3) is 10.6 Å². The fourth-order valence-corrected chi connectivity index (χ4v) is 2.91. The van der Waals surface area contributed by atoms with Gasteiger partial charge in [0.15, 0.2) is 0 Å². The van der Waals surface area contributed by atoms with Gasteiger partial charge in [-0.1, -0.05) is 6.07 Å². The Hall–Kier alpha value is -3.07. The van der Waals surface area contributed by atoms with Crippen molar-refractivity contribution < 1.29 is 9.53 Å². The summed E-state index contributed by atoms with van der Waals surface area (Å²) in [6.07, 6.45) is 1.27. The van der Waals surface area contributed by atoms with Crippen molar-refractivity contribution >= 4 is 17.2 Å². The highest BCUT2D eigenvalue weighted by Crippen LogP contribution is 2.20. The van der Waals surface area contributed by atoms with Gasteiger partial charge < -0.3 is 10.1 Å². The second kappa shape index (κ2) is 8.34. The molecule has 0 fully saturated rings. The molecule has 0 bridgehead atoms. The van der Waals surface area contributed by atoms with E-state index in [2.05, 4.69) is 20.4 Å². The van der Waals surface area contributed by atoms with E-state index in [4.69, 9.17) is 4.74 Å². The van der Waals surface area contributed by atoms with E-state index >= 15 is 0 Å². The van der Waals surface area contributed by atoms with Crippen molar-refractivity contribution in [2.24, 2.45) is 0 Å². The number of ether oxygens (including phenoxy) is 1. The molecular formula is C17H17N5O3S. The van der Waals surface area contributed by atoms with E-state index in [9.17, 15) is 9.59 Å². The summed E-state index contributed by atoms with van der Waals surface area (Å²) in [5.41, 5.74) is 0.708. The van der Waals surface area contributed by atoms with Crippen LogP contribution >= 0.6 is 11.3 Å². The zero-order valence-corrected chi connectivity index (χ0v) is 14.9. The molecule has 0 aromatic carbocycles. The van der Waals surface area contributed by atoms with Crippen molar-refractivity contribution in [3.05, 3.63) is 58.1 Å². The first-order chi connectivity index (χ1) is 12.7. The van der Waals surface area contributed by atoms with Gasteiger partial charge in [-0.15, -0.1) is 11.3 Å². The van der Waals surface area contributed by atoms with Crippen molar-refractivity contribution in [3.63, 3.8) is 0 Å². The largest absolute Gasteiger partial charge is 0.478 e. The number of aromatic nitrogens is 4. The van der Waals surface area contributed by atoms with E-state index in [1.54, 1.807) is 17.4 Å². The highest BCUT2D eigenvalue weighted by atomic mass is 32.1. The summed E-state index contributed by atoms with van der Waals surface area (Å²) >= 11 is 1.55. The molecule has 134 valence electrons. The number of carbonyl (C=O) groups excluding carboxylic acids is 1. The first-order valence-corrected chi connectivity index (χ1v) is 8.90. The van der Waals surface area contributed by atoms with Gasteiger partial charge in [0.2, 0.25) is 5.88 Å². The first kappa shape index (κ1) is 17.7. The Labute approximate surface area is 153 Å². The SMILES string of the molecule is CCOc1cc(C(=O)NCCn2nc(-c3cccs3)ccc2=O)ncn1. The van der Waals surface area contributed by atoms with Crippen molar-refractivity contribution in [1.82, 2.24) is 25.1 Å². The van der Waals surface area contributed by atoms with Crippen LogP contribution in [0.5, 0.6) is 5.88 Å². The molecule has 0 aliphatic heterocycles. The number of thiophene rings is 1. The summed E-state index contributed by atoms with van der Waals surface area (Å²) in [5, 5.41) is 9.01. The lowest BCUT2D eigenvalue weighted by molar-refractivity contribution is 0.0946. The van der Waals surface area contributed by atoms with Crippen molar-refractivity contribution in [2.75, 3.05) is 13.2 Å². The minimum absolute atomic E-state index is 0.205. The minimum atomic E-state index is -0.365. The van der Waals surface area contributed by atoms with Gasteiger partial charge in [0.25, 0.3) is 11.5 Å². The maximum Gasteiger partial charge on any atom is 0.270 e. The molecule has 0 aliphatic carbocycles. The molecule has 0 saturated carbocycles. The lowest BCUT2D eigenvalue weighted by Gasteiger charge is -2.08. The molecule has 8 nitrogen and oxygen atoms in total. The minimum Gasteiger partial charge on any atom is -0.478 e. The number of nitrogens with zero attached hydrogens (tertiary/aromatic N) is 4. The summed E-state index contributed by atoms with van der Waals surface area (Å²) in [5.74, 6) is -0.0231. The average Bonchev–Trinajstić information content (AvgIpc) is 3.18. The number of nitrogens with one attached hydrogen (secondary N) is 1. The van der Waals surface area contributed by atoms with Crippen LogP contribution in [0.3, 0.4) is 0 Å². The molecule has 1 N–H and O–H groups in total. The number of amides is 1. The van der Waals surface area contributed by atoms with Crippen LogP contribution < -0.4 is 15.6 Å². The van der Waals surface area contributed by atoms with E-state index in [1.807, 2.05) is 24.4 Å². The summed E-state index contributed by atoms with van der Waals surface area (Å²) in [6.45, 7) is 2.78. The Balaban J connectivity index is 1.63. The molecule has 0 aliphatic rings. The molecule has 3 aromatic rings. The molecule has 0 radical (unpaired) electrons. The molecular weight excluding hydrogens is 354 g/mol. The van der Waals surface area contributed by atoms with Gasteiger partial charge in [-0.25, -0.2) is 14.6 Å². The Morgan fingerprint density at radius 2 is 2.19 bits per heavy atom. The third-order valence-electron chi connectivity index (χ3n) is 3.42. The summed E-state index contributed by atoms with van der Waals surface area (Å²) < 4.78 is 6.58. The van der Waals surface area contributed by atoms with Gasteiger partial charge in [0, 0.05) is 18.7 Å². The predicted octanol–water partition coefficient (Wildman–Crippen LogP) is 1.59. The molecule has 3 rings (SSSR count). The van der Waals surface area contributed by atoms with Gasteiger partial charge >= 0.3 is 0 Å². The van der Waals surface area contributed by atoms with Gasteiger partial charge in [0.05, 0.1) is 18.0 Å². The Bertz CT molecular complexity index is 940. The zero-order valence-electron chi connectivity index (χ0n) is 14.1.